The van der Waals surface area contributed by atoms with Crippen LogP contribution in [0.25, 0.3) is 0 Å². The van der Waals surface area contributed by atoms with Gasteiger partial charge in [0.1, 0.15) is 17.4 Å². The van der Waals surface area contributed by atoms with E-state index < -0.39 is 11.9 Å². The maximum atomic E-state index is 12.4. The first kappa shape index (κ1) is 15.8. The van der Waals surface area contributed by atoms with Crippen molar-refractivity contribution in [1.82, 2.24) is 0 Å². The Balaban J connectivity index is 2.01. The lowest BCUT2D eigenvalue weighted by atomic mass is 9.95. The van der Waals surface area contributed by atoms with Crippen molar-refractivity contribution in [2.45, 2.75) is 12.5 Å². The Bertz CT molecular complexity index is 813. The van der Waals surface area contributed by atoms with Gasteiger partial charge in [-0.15, -0.1) is 0 Å². The van der Waals surface area contributed by atoms with Crippen LogP contribution in [-0.4, -0.2) is 35.3 Å². The van der Waals surface area contributed by atoms with Gasteiger partial charge in [-0.2, -0.15) is 0 Å². The lowest BCUT2D eigenvalue weighted by molar-refractivity contribution is 0.0843. The average molecular weight is 332 g/mol. The number of carbonyl (C=O) groups is 1. The topological polar surface area (TPSA) is 105 Å². The fourth-order valence-electron chi connectivity index (χ4n) is 2.74. The highest BCUT2D eigenvalue weighted by molar-refractivity contribution is 6.03. The number of phenolic OH excluding ortho intramolecular Hbond substituents is 3. The van der Waals surface area contributed by atoms with Crippen LogP contribution in [0.15, 0.2) is 24.3 Å². The first-order valence-corrected chi connectivity index (χ1v) is 7.16. The zero-order valence-corrected chi connectivity index (χ0v) is 13.1. The van der Waals surface area contributed by atoms with Crippen LogP contribution in [0.2, 0.25) is 0 Å². The second-order valence-corrected chi connectivity index (χ2v) is 5.32. The van der Waals surface area contributed by atoms with Gasteiger partial charge in [0.05, 0.1) is 20.6 Å². The van der Waals surface area contributed by atoms with Crippen LogP contribution in [0.4, 0.5) is 0 Å². The summed E-state index contributed by atoms with van der Waals surface area (Å²) in [4.78, 5) is 12.4. The molecule has 2 aromatic rings. The Morgan fingerprint density at radius 3 is 2.46 bits per heavy atom. The Morgan fingerprint density at radius 2 is 1.83 bits per heavy atom. The Labute approximate surface area is 137 Å². The van der Waals surface area contributed by atoms with E-state index in [1.807, 2.05) is 0 Å². The van der Waals surface area contributed by atoms with Gasteiger partial charge in [0.25, 0.3) is 0 Å². The number of hydrogen-bond donors (Lipinski definition) is 3. The summed E-state index contributed by atoms with van der Waals surface area (Å²) in [5.74, 6) is -1.02. The molecule has 0 spiro atoms. The molecule has 126 valence electrons. The van der Waals surface area contributed by atoms with Gasteiger partial charge in [-0.05, 0) is 17.7 Å². The third-order valence-corrected chi connectivity index (χ3v) is 3.90. The van der Waals surface area contributed by atoms with Gasteiger partial charge in [0.2, 0.25) is 5.75 Å². The summed E-state index contributed by atoms with van der Waals surface area (Å²) in [6, 6.07) is 5.91. The first-order valence-electron chi connectivity index (χ1n) is 7.16. The van der Waals surface area contributed by atoms with Crippen molar-refractivity contribution in [3.63, 3.8) is 0 Å². The number of methoxy groups -OCH3 is 2. The van der Waals surface area contributed by atoms with Crippen molar-refractivity contribution in [3.8, 4) is 34.5 Å². The minimum Gasteiger partial charge on any atom is -0.504 e. The molecule has 1 heterocycles. The quantitative estimate of drug-likeness (QED) is 0.793. The lowest BCUT2D eigenvalue weighted by Gasteiger charge is -2.27. The third kappa shape index (κ3) is 2.44. The van der Waals surface area contributed by atoms with Crippen LogP contribution in [0.1, 0.15) is 28.4 Å². The molecule has 7 nitrogen and oxygen atoms in total. The van der Waals surface area contributed by atoms with E-state index in [1.165, 1.54) is 26.4 Å². The van der Waals surface area contributed by atoms with E-state index in [1.54, 1.807) is 12.1 Å². The van der Waals surface area contributed by atoms with Crippen molar-refractivity contribution in [2.24, 2.45) is 0 Å². The van der Waals surface area contributed by atoms with Crippen molar-refractivity contribution in [1.29, 1.82) is 0 Å². The minimum atomic E-state index is -0.658. The van der Waals surface area contributed by atoms with Gasteiger partial charge < -0.3 is 29.5 Å². The van der Waals surface area contributed by atoms with Crippen molar-refractivity contribution >= 4 is 5.78 Å². The van der Waals surface area contributed by atoms with Crippen LogP contribution >= 0.6 is 0 Å². The summed E-state index contributed by atoms with van der Waals surface area (Å²) >= 11 is 0. The number of benzene rings is 2. The van der Waals surface area contributed by atoms with E-state index in [2.05, 4.69) is 0 Å². The minimum absolute atomic E-state index is 0.0275. The van der Waals surface area contributed by atoms with Crippen LogP contribution in [0.3, 0.4) is 0 Å². The molecule has 1 aliphatic heterocycles. The van der Waals surface area contributed by atoms with Gasteiger partial charge >= 0.3 is 0 Å². The number of Topliss-reactive ketones (excluding diaryl/α,β-unsaturated/α-hetero) is 1. The monoisotopic (exact) mass is 332 g/mol. The number of aromatic hydroxyl groups is 3. The molecule has 0 saturated carbocycles. The second-order valence-electron chi connectivity index (χ2n) is 5.32. The summed E-state index contributed by atoms with van der Waals surface area (Å²) in [7, 11) is 2.71. The first-order chi connectivity index (χ1) is 11.5. The third-order valence-electron chi connectivity index (χ3n) is 3.90. The van der Waals surface area contributed by atoms with Crippen LogP contribution in [-0.2, 0) is 0 Å². The van der Waals surface area contributed by atoms with Crippen LogP contribution < -0.4 is 14.2 Å². The fourth-order valence-corrected chi connectivity index (χ4v) is 2.74. The molecular formula is C17H16O7. The molecule has 3 rings (SSSR count). The Kier molecular flexibility index (Phi) is 3.84. The predicted molar refractivity (Wildman–Crippen MR) is 83.3 cm³/mol. The van der Waals surface area contributed by atoms with Gasteiger partial charge in [0, 0.05) is 6.07 Å². The van der Waals surface area contributed by atoms with Gasteiger partial charge in [-0.3, -0.25) is 4.79 Å². The standard InChI is InChI=1S/C17H16O7/c1-22-12-4-3-8(5-9(12)18)13-6-10(19)15-14(24-13)7-11(20)17(23-2)16(15)21/h3-5,7,13,18,20-21H,6H2,1-2H3. The molecule has 1 unspecified atom stereocenters. The van der Waals surface area contributed by atoms with E-state index in [-0.39, 0.29) is 40.8 Å². The zero-order valence-electron chi connectivity index (χ0n) is 13.1. The molecular weight excluding hydrogens is 316 g/mol. The summed E-state index contributed by atoms with van der Waals surface area (Å²) in [5.41, 5.74) is 0.542. The van der Waals surface area contributed by atoms with E-state index >= 15 is 0 Å². The molecule has 0 aliphatic carbocycles. The molecule has 0 aromatic heterocycles. The van der Waals surface area contributed by atoms with Crippen molar-refractivity contribution in [2.75, 3.05) is 14.2 Å². The number of fused-ring (bicyclic) bond motifs is 1. The molecule has 0 fully saturated rings. The molecule has 1 atom stereocenters. The normalized spacial score (nSPS) is 16.2. The second kappa shape index (κ2) is 5.84. The molecule has 1 aliphatic rings. The number of ketones is 1. The highest BCUT2D eigenvalue weighted by Crippen LogP contribution is 2.48. The molecule has 0 saturated heterocycles. The maximum Gasteiger partial charge on any atom is 0.203 e. The number of ether oxygens (including phenoxy) is 3. The van der Waals surface area contributed by atoms with E-state index in [0.717, 1.165) is 0 Å². The van der Waals surface area contributed by atoms with Crippen molar-refractivity contribution < 1.29 is 34.3 Å². The number of rotatable bonds is 3. The number of carbonyl (C=O) groups excluding carboxylic acids is 1. The molecule has 0 amide bonds. The summed E-state index contributed by atoms with van der Waals surface area (Å²) < 4.78 is 15.6. The lowest BCUT2D eigenvalue weighted by Crippen LogP contribution is -2.20. The highest BCUT2D eigenvalue weighted by atomic mass is 16.5. The predicted octanol–water partition coefficient (Wildman–Crippen LogP) is 2.53. The Hall–Kier alpha value is -3.09. The smallest absolute Gasteiger partial charge is 0.203 e. The maximum absolute atomic E-state index is 12.4. The molecule has 0 radical (unpaired) electrons. The van der Waals surface area contributed by atoms with E-state index in [0.29, 0.717) is 11.3 Å². The molecule has 24 heavy (non-hydrogen) atoms. The zero-order chi connectivity index (χ0) is 17.4. The molecule has 0 bridgehead atoms. The van der Waals surface area contributed by atoms with E-state index in [9.17, 15) is 20.1 Å². The molecule has 2 aromatic carbocycles. The summed E-state index contributed by atoms with van der Waals surface area (Å²) in [6.07, 6.45) is -0.686. The highest BCUT2D eigenvalue weighted by Gasteiger charge is 2.33. The fraction of sp³-hybridized carbons (Fsp3) is 0.235. The molecule has 7 heteroatoms. The number of hydrogen-bond acceptors (Lipinski definition) is 7. The van der Waals surface area contributed by atoms with Crippen LogP contribution in [0.5, 0.6) is 34.5 Å². The van der Waals surface area contributed by atoms with Gasteiger partial charge in [-0.25, -0.2) is 0 Å². The van der Waals surface area contributed by atoms with Crippen molar-refractivity contribution in [3.05, 3.63) is 35.4 Å². The van der Waals surface area contributed by atoms with Crippen LogP contribution in [0, 0.1) is 0 Å². The largest absolute Gasteiger partial charge is 0.504 e. The Morgan fingerprint density at radius 1 is 1.08 bits per heavy atom. The molecule has 3 N–H and O–H groups in total. The van der Waals surface area contributed by atoms with Gasteiger partial charge in [0.15, 0.2) is 28.8 Å². The van der Waals surface area contributed by atoms with Gasteiger partial charge in [-0.1, -0.05) is 6.07 Å². The average Bonchev–Trinajstić information content (AvgIpc) is 2.54. The summed E-state index contributed by atoms with van der Waals surface area (Å²) in [5, 5.41) is 29.9. The summed E-state index contributed by atoms with van der Waals surface area (Å²) in [6.45, 7) is 0. The number of phenols is 3. The van der Waals surface area contributed by atoms with E-state index in [4.69, 9.17) is 14.2 Å². The SMILES string of the molecule is COc1ccc(C2CC(=O)c3c(cc(O)c(OC)c3O)O2)cc1O.